The van der Waals surface area contributed by atoms with E-state index < -0.39 is 16.8 Å². The van der Waals surface area contributed by atoms with Crippen LogP contribution < -0.4 is 10.4 Å². The third-order valence-corrected chi connectivity index (χ3v) is 2.05. The highest BCUT2D eigenvalue weighted by molar-refractivity contribution is 6.02. The van der Waals surface area contributed by atoms with Crippen molar-refractivity contribution in [2.24, 2.45) is 0 Å². The van der Waals surface area contributed by atoms with Crippen LogP contribution in [0.1, 0.15) is 5.56 Å². The summed E-state index contributed by atoms with van der Waals surface area (Å²) in [6.45, 7) is 1.59. The fraction of sp³-hybridized carbons (Fsp3) is 0.0909. The summed E-state index contributed by atoms with van der Waals surface area (Å²) in [6, 6.07) is 3.92. The number of hydrogen-bond acceptors (Lipinski definition) is 5. The quantitative estimate of drug-likeness (QED) is 0.463. The highest BCUT2D eigenvalue weighted by Crippen LogP contribution is 2.20. The molecule has 0 radical (unpaired) electrons. The first kappa shape index (κ1) is 13.4. The topological polar surface area (TPSA) is 112 Å². The Labute approximate surface area is 102 Å². The van der Waals surface area contributed by atoms with Crippen molar-refractivity contribution in [1.29, 1.82) is 0 Å². The number of amides is 1. The van der Waals surface area contributed by atoms with Crippen molar-refractivity contribution in [2.75, 3.05) is 5.32 Å². The van der Waals surface area contributed by atoms with E-state index in [4.69, 9.17) is 0 Å². The van der Waals surface area contributed by atoms with Crippen molar-refractivity contribution in [3.05, 3.63) is 46.0 Å². The van der Waals surface area contributed by atoms with Crippen LogP contribution in [0.25, 0.3) is 0 Å². The Morgan fingerprint density at radius 2 is 2.00 bits per heavy atom. The number of carbonyl (C=O) groups excluding carboxylic acids is 2. The molecule has 0 unspecified atom stereocenters. The van der Waals surface area contributed by atoms with Crippen molar-refractivity contribution in [3.8, 4) is 0 Å². The number of benzene rings is 1. The monoisotopic (exact) mass is 249 g/mol. The lowest BCUT2D eigenvalue weighted by Crippen LogP contribution is -2.20. The molecule has 1 rings (SSSR count). The van der Waals surface area contributed by atoms with Crippen LogP contribution in [-0.2, 0) is 9.59 Å². The second-order valence-electron chi connectivity index (χ2n) is 3.40. The number of non-ortho nitro benzene ring substituents is 1. The van der Waals surface area contributed by atoms with Crippen molar-refractivity contribution < 1.29 is 19.6 Å². The van der Waals surface area contributed by atoms with Gasteiger partial charge < -0.3 is 15.2 Å². The second kappa shape index (κ2) is 5.58. The highest BCUT2D eigenvalue weighted by Gasteiger charge is 2.08. The van der Waals surface area contributed by atoms with Gasteiger partial charge in [0.05, 0.1) is 10.9 Å². The van der Waals surface area contributed by atoms with Crippen LogP contribution in [0, 0.1) is 17.0 Å². The molecular weight excluding hydrogens is 240 g/mol. The van der Waals surface area contributed by atoms with Gasteiger partial charge in [0.25, 0.3) is 5.69 Å². The summed E-state index contributed by atoms with van der Waals surface area (Å²) in [6.07, 6.45) is 1.40. The van der Waals surface area contributed by atoms with Crippen molar-refractivity contribution >= 4 is 23.3 Å². The highest BCUT2D eigenvalue weighted by atomic mass is 16.6. The number of aryl methyl sites for hydroxylation is 1. The number of nitro groups is 1. The third kappa shape index (κ3) is 3.71. The molecule has 0 saturated carbocycles. The molecule has 0 aromatic heterocycles. The first-order valence-corrected chi connectivity index (χ1v) is 4.85. The van der Waals surface area contributed by atoms with Gasteiger partial charge in [0.2, 0.25) is 5.91 Å². The Balaban J connectivity index is 2.83. The molecule has 94 valence electrons. The van der Waals surface area contributed by atoms with Gasteiger partial charge >= 0.3 is 0 Å². The summed E-state index contributed by atoms with van der Waals surface area (Å²) in [5, 5.41) is 23.0. The third-order valence-electron chi connectivity index (χ3n) is 2.05. The predicted molar refractivity (Wildman–Crippen MR) is 60.6 cm³/mol. The molecule has 0 spiro atoms. The summed E-state index contributed by atoms with van der Waals surface area (Å²) < 4.78 is 0. The molecule has 7 heteroatoms. The van der Waals surface area contributed by atoms with Gasteiger partial charge in [-0.05, 0) is 24.6 Å². The number of hydrogen-bond donors (Lipinski definition) is 1. The summed E-state index contributed by atoms with van der Waals surface area (Å²) in [7, 11) is 0. The molecule has 0 heterocycles. The van der Waals surface area contributed by atoms with E-state index in [1.165, 1.54) is 18.2 Å². The summed E-state index contributed by atoms with van der Waals surface area (Å²) in [4.78, 5) is 31.3. The van der Waals surface area contributed by atoms with Gasteiger partial charge in [-0.3, -0.25) is 14.9 Å². The van der Waals surface area contributed by atoms with Crippen LogP contribution in [0.4, 0.5) is 11.4 Å². The van der Waals surface area contributed by atoms with Crippen molar-refractivity contribution in [3.63, 3.8) is 0 Å². The lowest BCUT2D eigenvalue weighted by Gasteiger charge is -2.05. The van der Waals surface area contributed by atoms with E-state index in [0.717, 1.165) is 6.08 Å². The minimum atomic E-state index is -1.48. The van der Waals surface area contributed by atoms with Crippen LogP contribution in [0.3, 0.4) is 0 Å². The molecule has 0 saturated heterocycles. The maximum Gasteiger partial charge on any atom is 0.269 e. The van der Waals surface area contributed by atoms with Crippen LogP contribution in [0.2, 0.25) is 0 Å². The number of anilines is 1. The maximum absolute atomic E-state index is 11.3. The molecule has 0 aliphatic rings. The molecule has 1 N–H and O–H groups in total. The van der Waals surface area contributed by atoms with Gasteiger partial charge in [0, 0.05) is 23.9 Å². The Hall–Kier alpha value is -2.70. The summed E-state index contributed by atoms with van der Waals surface area (Å²) in [5.74, 6) is -2.14. The fourth-order valence-electron chi connectivity index (χ4n) is 1.22. The molecule has 0 bridgehead atoms. The molecule has 7 nitrogen and oxygen atoms in total. The standard InChI is InChI=1S/C11H10N2O5/c1-7-6-8(13(17)18)2-3-9(7)12-10(14)4-5-11(15)16/h2-6H,1H3,(H,12,14)(H,15,16)/p-1. The van der Waals surface area contributed by atoms with E-state index in [1.54, 1.807) is 6.92 Å². The van der Waals surface area contributed by atoms with E-state index in [2.05, 4.69) is 5.32 Å². The molecule has 0 fully saturated rings. The largest absolute Gasteiger partial charge is 0.545 e. The van der Waals surface area contributed by atoms with E-state index in [0.29, 0.717) is 17.3 Å². The fourth-order valence-corrected chi connectivity index (χ4v) is 1.22. The Morgan fingerprint density at radius 3 is 2.50 bits per heavy atom. The van der Waals surface area contributed by atoms with E-state index in [-0.39, 0.29) is 5.69 Å². The number of carbonyl (C=O) groups is 2. The average molecular weight is 249 g/mol. The van der Waals surface area contributed by atoms with Gasteiger partial charge in [0.1, 0.15) is 0 Å². The number of rotatable bonds is 4. The molecule has 1 aromatic rings. The molecule has 18 heavy (non-hydrogen) atoms. The first-order valence-electron chi connectivity index (χ1n) is 4.85. The zero-order valence-corrected chi connectivity index (χ0v) is 9.38. The second-order valence-corrected chi connectivity index (χ2v) is 3.40. The Bertz CT molecular complexity index is 536. The lowest BCUT2D eigenvalue weighted by molar-refractivity contribution is -0.384. The van der Waals surface area contributed by atoms with Gasteiger partial charge in [-0.25, -0.2) is 0 Å². The smallest absolute Gasteiger partial charge is 0.269 e. The molecule has 0 atom stereocenters. The Kier molecular flexibility index (Phi) is 4.14. The van der Waals surface area contributed by atoms with Crippen molar-refractivity contribution in [1.82, 2.24) is 0 Å². The summed E-state index contributed by atoms with van der Waals surface area (Å²) in [5.41, 5.74) is 0.781. The summed E-state index contributed by atoms with van der Waals surface area (Å²) >= 11 is 0. The van der Waals surface area contributed by atoms with Crippen LogP contribution in [0.5, 0.6) is 0 Å². The van der Waals surface area contributed by atoms with Crippen LogP contribution in [-0.4, -0.2) is 16.8 Å². The van der Waals surface area contributed by atoms with Gasteiger partial charge in [-0.1, -0.05) is 0 Å². The minimum Gasteiger partial charge on any atom is -0.545 e. The zero-order valence-electron chi connectivity index (χ0n) is 9.38. The van der Waals surface area contributed by atoms with Gasteiger partial charge in [0.15, 0.2) is 0 Å². The Morgan fingerprint density at radius 1 is 1.33 bits per heavy atom. The lowest BCUT2D eigenvalue weighted by atomic mass is 10.2. The number of carboxylic acid groups (broad SMARTS) is 1. The van der Waals surface area contributed by atoms with Gasteiger partial charge in [-0.2, -0.15) is 0 Å². The van der Waals surface area contributed by atoms with E-state index in [9.17, 15) is 24.8 Å². The predicted octanol–water partition coefficient (Wildman–Crippen LogP) is 0.148. The molecular formula is C11H9N2O5-. The molecule has 1 amide bonds. The van der Waals surface area contributed by atoms with E-state index >= 15 is 0 Å². The normalized spacial score (nSPS) is 10.3. The number of aliphatic carboxylic acids is 1. The van der Waals surface area contributed by atoms with E-state index in [1.807, 2.05) is 0 Å². The maximum atomic E-state index is 11.3. The molecule has 0 aliphatic carbocycles. The zero-order chi connectivity index (χ0) is 13.7. The molecule has 0 aliphatic heterocycles. The average Bonchev–Trinajstić information content (AvgIpc) is 2.29. The van der Waals surface area contributed by atoms with Crippen molar-refractivity contribution in [2.45, 2.75) is 6.92 Å². The van der Waals surface area contributed by atoms with Crippen LogP contribution in [0.15, 0.2) is 30.4 Å². The number of carboxylic acids is 1. The first-order chi connectivity index (χ1) is 8.40. The van der Waals surface area contributed by atoms with Gasteiger partial charge in [-0.15, -0.1) is 0 Å². The molecule has 1 aromatic carbocycles. The van der Waals surface area contributed by atoms with Crippen LogP contribution >= 0.6 is 0 Å². The minimum absolute atomic E-state index is 0.0872. The SMILES string of the molecule is Cc1cc([N+](=O)[O-])ccc1NC(=O)C=CC(=O)[O-]. The number of nitrogens with zero attached hydrogens (tertiary/aromatic N) is 1. The number of nitro benzene ring substituents is 1. The number of nitrogens with one attached hydrogen (secondary N) is 1.